The Morgan fingerprint density at radius 3 is 2.36 bits per heavy atom. The number of hydrogen-bond donors (Lipinski definition) is 0. The number of amides is 1. The summed E-state index contributed by atoms with van der Waals surface area (Å²) in [4.78, 5) is 15.9. The van der Waals surface area contributed by atoms with Crippen molar-refractivity contribution < 1.29 is 19.0 Å². The van der Waals surface area contributed by atoms with E-state index in [2.05, 4.69) is 0 Å². The maximum atomic E-state index is 14.1. The molecule has 0 radical (unpaired) electrons. The lowest BCUT2D eigenvalue weighted by atomic mass is 10.0. The number of carbonyl (C=O) groups is 1. The van der Waals surface area contributed by atoms with Crippen molar-refractivity contribution >= 4 is 5.91 Å². The van der Waals surface area contributed by atoms with Crippen LogP contribution in [0.25, 0.3) is 16.9 Å². The third-order valence-corrected chi connectivity index (χ3v) is 6.35. The van der Waals surface area contributed by atoms with E-state index in [1.165, 1.54) is 0 Å². The van der Waals surface area contributed by atoms with E-state index in [9.17, 15) is 4.79 Å². The molecule has 2 unspecified atom stereocenters. The van der Waals surface area contributed by atoms with Gasteiger partial charge in [0.15, 0.2) is 0 Å². The molecule has 0 bridgehead atoms. The highest BCUT2D eigenvalue weighted by Crippen LogP contribution is 2.36. The number of morpholine rings is 1. The van der Waals surface area contributed by atoms with Gasteiger partial charge in [-0.3, -0.25) is 4.79 Å². The van der Waals surface area contributed by atoms with E-state index < -0.39 is 0 Å². The van der Waals surface area contributed by atoms with E-state index >= 15 is 0 Å². The average molecular weight is 484 g/mol. The number of ether oxygens (including phenoxy) is 3. The van der Waals surface area contributed by atoms with E-state index in [-0.39, 0.29) is 18.1 Å². The van der Waals surface area contributed by atoms with E-state index in [0.29, 0.717) is 41.4 Å². The van der Waals surface area contributed by atoms with Crippen molar-refractivity contribution in [3.63, 3.8) is 0 Å². The quantitative estimate of drug-likeness (QED) is 0.379. The first-order chi connectivity index (χ1) is 17.6. The molecule has 7 heteroatoms. The average Bonchev–Trinajstić information content (AvgIpc) is 3.38. The van der Waals surface area contributed by atoms with Crippen LogP contribution in [0.15, 0.2) is 85.1 Å². The molecular weight excluding hydrogens is 454 g/mol. The minimum absolute atomic E-state index is 0.104. The zero-order chi connectivity index (χ0) is 25.1. The monoisotopic (exact) mass is 483 g/mol. The van der Waals surface area contributed by atoms with Crippen molar-refractivity contribution in [1.82, 2.24) is 14.7 Å². The maximum Gasteiger partial charge on any atom is 0.257 e. The number of para-hydroxylation sites is 1. The lowest BCUT2D eigenvalue weighted by Crippen LogP contribution is -2.46. The van der Waals surface area contributed by atoms with Crippen molar-refractivity contribution in [2.45, 2.75) is 19.1 Å². The summed E-state index contributed by atoms with van der Waals surface area (Å²) in [5, 5.41) is 4.85. The molecule has 3 aromatic carbocycles. The maximum absolute atomic E-state index is 14.1. The predicted molar refractivity (Wildman–Crippen MR) is 138 cm³/mol. The van der Waals surface area contributed by atoms with Crippen LogP contribution in [0.1, 0.15) is 28.9 Å². The van der Waals surface area contributed by atoms with Crippen molar-refractivity contribution in [2.75, 3.05) is 27.3 Å². The first-order valence-corrected chi connectivity index (χ1v) is 11.9. The van der Waals surface area contributed by atoms with Crippen molar-refractivity contribution in [1.29, 1.82) is 0 Å². The van der Waals surface area contributed by atoms with Gasteiger partial charge in [0.25, 0.3) is 5.91 Å². The number of aromatic nitrogens is 2. The van der Waals surface area contributed by atoms with Crippen LogP contribution in [-0.4, -0.2) is 54.0 Å². The van der Waals surface area contributed by atoms with Crippen LogP contribution in [0.3, 0.4) is 0 Å². The molecule has 2 heterocycles. The highest BCUT2D eigenvalue weighted by molar-refractivity contribution is 6.00. The van der Waals surface area contributed by atoms with E-state index in [4.69, 9.17) is 19.3 Å². The molecule has 0 spiro atoms. The Labute approximate surface area is 210 Å². The zero-order valence-corrected chi connectivity index (χ0v) is 20.6. The third-order valence-electron chi connectivity index (χ3n) is 6.35. The van der Waals surface area contributed by atoms with Gasteiger partial charge in [0.05, 0.1) is 38.1 Å². The minimum Gasteiger partial charge on any atom is -0.497 e. The van der Waals surface area contributed by atoms with Crippen LogP contribution < -0.4 is 9.47 Å². The fraction of sp³-hybridized carbons (Fsp3) is 0.241. The second kappa shape index (κ2) is 10.3. The van der Waals surface area contributed by atoms with Crippen LogP contribution in [-0.2, 0) is 4.74 Å². The van der Waals surface area contributed by atoms with E-state index in [1.54, 1.807) is 25.1 Å². The molecule has 0 N–H and O–H groups in total. The summed E-state index contributed by atoms with van der Waals surface area (Å²) in [6, 6.07) is 25.3. The Morgan fingerprint density at radius 2 is 1.67 bits per heavy atom. The molecule has 7 nitrogen and oxygen atoms in total. The van der Waals surface area contributed by atoms with Gasteiger partial charge in [0.2, 0.25) is 0 Å². The highest BCUT2D eigenvalue weighted by Gasteiger charge is 2.32. The first-order valence-electron chi connectivity index (χ1n) is 11.9. The SMILES string of the molecule is COc1ccc(OC)c(-c2nn(-c3ccccc3)cc2C(=O)N2CC(C)OC(c3ccccc3)C2)c1. The summed E-state index contributed by atoms with van der Waals surface area (Å²) in [6.45, 7) is 2.94. The summed E-state index contributed by atoms with van der Waals surface area (Å²) in [5.74, 6) is 1.16. The Hall–Kier alpha value is -4.10. The number of nitrogens with zero attached hydrogens (tertiary/aromatic N) is 3. The first kappa shape index (κ1) is 23.6. The lowest BCUT2D eigenvalue weighted by molar-refractivity contribution is -0.0691. The Morgan fingerprint density at radius 1 is 0.944 bits per heavy atom. The number of benzene rings is 3. The fourth-order valence-corrected chi connectivity index (χ4v) is 4.58. The topological polar surface area (TPSA) is 65.8 Å². The van der Waals surface area contributed by atoms with Gasteiger partial charge in [-0.15, -0.1) is 0 Å². The smallest absolute Gasteiger partial charge is 0.257 e. The number of hydrogen-bond acceptors (Lipinski definition) is 5. The fourth-order valence-electron chi connectivity index (χ4n) is 4.58. The van der Waals surface area contributed by atoms with Gasteiger partial charge >= 0.3 is 0 Å². The molecule has 1 fully saturated rings. The molecule has 1 amide bonds. The van der Waals surface area contributed by atoms with Crippen LogP contribution in [0.4, 0.5) is 0 Å². The Balaban J connectivity index is 1.58. The molecule has 5 rings (SSSR count). The zero-order valence-electron chi connectivity index (χ0n) is 20.6. The van der Waals surface area contributed by atoms with Gasteiger partial charge in [-0.05, 0) is 42.8 Å². The van der Waals surface area contributed by atoms with Crippen LogP contribution in [0.5, 0.6) is 11.5 Å². The van der Waals surface area contributed by atoms with Crippen LogP contribution in [0.2, 0.25) is 0 Å². The summed E-state index contributed by atoms with van der Waals surface area (Å²) in [6.07, 6.45) is 1.49. The predicted octanol–water partition coefficient (Wildman–Crippen LogP) is 5.16. The standard InChI is InChI=1S/C29H29N3O4/c1-20-17-31(19-27(36-20)21-10-6-4-7-11-21)29(33)25-18-32(22-12-8-5-9-13-22)30-28(25)24-16-23(34-2)14-15-26(24)35-3/h4-16,18,20,27H,17,19H2,1-3H3. The van der Waals surface area contributed by atoms with Crippen molar-refractivity contribution in [3.05, 3.63) is 96.2 Å². The lowest BCUT2D eigenvalue weighted by Gasteiger charge is -2.37. The van der Waals surface area contributed by atoms with Crippen LogP contribution in [0, 0.1) is 0 Å². The van der Waals surface area contributed by atoms with Gasteiger partial charge in [-0.25, -0.2) is 4.68 Å². The van der Waals surface area contributed by atoms with Gasteiger partial charge in [-0.1, -0.05) is 48.5 Å². The van der Waals surface area contributed by atoms with Gasteiger partial charge in [-0.2, -0.15) is 5.10 Å². The number of methoxy groups -OCH3 is 2. The van der Waals surface area contributed by atoms with Gasteiger partial charge in [0, 0.05) is 18.3 Å². The number of carbonyl (C=O) groups excluding carboxylic acids is 1. The Kier molecular flexibility index (Phi) is 6.73. The summed E-state index contributed by atoms with van der Waals surface area (Å²) in [5.41, 5.74) is 3.63. The van der Waals surface area contributed by atoms with Crippen LogP contribution >= 0.6 is 0 Å². The molecule has 36 heavy (non-hydrogen) atoms. The van der Waals surface area contributed by atoms with Crippen molar-refractivity contribution in [2.24, 2.45) is 0 Å². The molecule has 4 aromatic rings. The Bertz CT molecular complexity index is 1340. The second-order valence-electron chi connectivity index (χ2n) is 8.79. The summed E-state index contributed by atoms with van der Waals surface area (Å²) in [7, 11) is 3.22. The van der Waals surface area contributed by atoms with E-state index in [1.807, 2.05) is 90.7 Å². The summed E-state index contributed by atoms with van der Waals surface area (Å²) >= 11 is 0. The second-order valence-corrected chi connectivity index (χ2v) is 8.79. The normalized spacial score (nSPS) is 17.6. The van der Waals surface area contributed by atoms with E-state index in [0.717, 1.165) is 11.3 Å². The molecule has 1 saturated heterocycles. The minimum atomic E-state index is -0.196. The third kappa shape index (κ3) is 4.70. The molecule has 1 aromatic heterocycles. The largest absolute Gasteiger partial charge is 0.497 e. The molecule has 1 aliphatic heterocycles. The van der Waals surface area contributed by atoms with Gasteiger partial charge < -0.3 is 19.1 Å². The molecule has 0 aliphatic carbocycles. The highest BCUT2D eigenvalue weighted by atomic mass is 16.5. The molecule has 0 saturated carbocycles. The number of rotatable bonds is 6. The summed E-state index contributed by atoms with van der Waals surface area (Å²) < 4.78 is 19.0. The van der Waals surface area contributed by atoms with Crippen molar-refractivity contribution in [3.8, 4) is 28.4 Å². The molecule has 2 atom stereocenters. The molecule has 184 valence electrons. The van der Waals surface area contributed by atoms with Gasteiger partial charge in [0.1, 0.15) is 23.3 Å². The molecular formula is C29H29N3O4. The molecule has 1 aliphatic rings.